The molecule has 0 aliphatic carbocycles. The van der Waals surface area contributed by atoms with E-state index in [1.54, 1.807) is 0 Å². The number of hydrogen-bond donors (Lipinski definition) is 1. The molecular weight excluding hydrogens is 268 g/mol. The van der Waals surface area contributed by atoms with Gasteiger partial charge in [0.1, 0.15) is 0 Å². The third-order valence-electron chi connectivity index (χ3n) is 4.87. The van der Waals surface area contributed by atoms with Crippen molar-refractivity contribution in [3.63, 3.8) is 0 Å². The summed E-state index contributed by atoms with van der Waals surface area (Å²) in [5, 5.41) is 9.73. The van der Waals surface area contributed by atoms with Crippen molar-refractivity contribution >= 4 is 0 Å². The van der Waals surface area contributed by atoms with E-state index in [0.717, 1.165) is 6.42 Å². The molecule has 0 amide bonds. The minimum atomic E-state index is -0.0815. The van der Waals surface area contributed by atoms with Crippen LogP contribution >= 0.6 is 0 Å². The first-order valence-corrected chi connectivity index (χ1v) is 10.4. The van der Waals surface area contributed by atoms with Gasteiger partial charge in [-0.3, -0.25) is 0 Å². The summed E-state index contributed by atoms with van der Waals surface area (Å²) >= 11 is 0. The quantitative estimate of drug-likeness (QED) is 0.280. The lowest BCUT2D eigenvalue weighted by atomic mass is 10.00. The molecular formula is C21H44O. The van der Waals surface area contributed by atoms with Gasteiger partial charge in [0.2, 0.25) is 0 Å². The third kappa shape index (κ3) is 16.3. The molecule has 1 unspecified atom stereocenters. The van der Waals surface area contributed by atoms with Crippen molar-refractivity contribution in [2.45, 2.75) is 130 Å². The summed E-state index contributed by atoms with van der Waals surface area (Å²) in [6.07, 6.45) is 22.0. The van der Waals surface area contributed by atoms with Gasteiger partial charge in [-0.2, -0.15) is 0 Å². The molecule has 0 saturated heterocycles. The highest BCUT2D eigenvalue weighted by Crippen LogP contribution is 2.15. The van der Waals surface area contributed by atoms with Crippen LogP contribution in [-0.2, 0) is 0 Å². The fraction of sp³-hybridized carbons (Fsp3) is 1.00. The van der Waals surface area contributed by atoms with Crippen molar-refractivity contribution in [1.29, 1.82) is 0 Å². The molecule has 1 N–H and O–H groups in total. The smallest absolute Gasteiger partial charge is 0.0563 e. The standard InChI is InChI=1S/C21H44O/c1-4-5-6-7-8-9-10-11-12-13-14-15-16-17-18-19-21(22)20(2)3/h20-22H,4-19H2,1-3H3. The maximum atomic E-state index is 9.73. The molecule has 0 bridgehead atoms. The predicted molar refractivity (Wildman–Crippen MR) is 100 cm³/mol. The van der Waals surface area contributed by atoms with E-state index in [2.05, 4.69) is 20.8 Å². The second-order valence-electron chi connectivity index (χ2n) is 7.55. The maximum absolute atomic E-state index is 9.73. The average molecular weight is 313 g/mol. The highest BCUT2D eigenvalue weighted by molar-refractivity contribution is 4.59. The van der Waals surface area contributed by atoms with Crippen LogP contribution in [-0.4, -0.2) is 11.2 Å². The van der Waals surface area contributed by atoms with E-state index >= 15 is 0 Å². The second-order valence-corrected chi connectivity index (χ2v) is 7.55. The van der Waals surface area contributed by atoms with Gasteiger partial charge in [-0.1, -0.05) is 117 Å². The first kappa shape index (κ1) is 22.0. The summed E-state index contributed by atoms with van der Waals surface area (Å²) in [6, 6.07) is 0. The normalized spacial score (nSPS) is 13.0. The minimum Gasteiger partial charge on any atom is -0.393 e. The molecule has 0 aliphatic heterocycles. The number of unbranched alkanes of at least 4 members (excludes halogenated alkanes) is 14. The lowest BCUT2D eigenvalue weighted by Gasteiger charge is -2.13. The van der Waals surface area contributed by atoms with Gasteiger partial charge < -0.3 is 5.11 Å². The molecule has 0 radical (unpaired) electrons. The maximum Gasteiger partial charge on any atom is 0.0563 e. The molecule has 1 nitrogen and oxygen atoms in total. The van der Waals surface area contributed by atoms with Crippen LogP contribution in [0.3, 0.4) is 0 Å². The molecule has 0 aliphatic rings. The van der Waals surface area contributed by atoms with Gasteiger partial charge in [-0.25, -0.2) is 0 Å². The molecule has 0 rings (SSSR count). The molecule has 0 spiro atoms. The summed E-state index contributed by atoms with van der Waals surface area (Å²) in [7, 11) is 0. The Kier molecular flexibility index (Phi) is 17.3. The van der Waals surface area contributed by atoms with Gasteiger partial charge in [-0.15, -0.1) is 0 Å². The Morgan fingerprint density at radius 3 is 1.18 bits per heavy atom. The largest absolute Gasteiger partial charge is 0.393 e. The van der Waals surface area contributed by atoms with Gasteiger partial charge in [-0.05, 0) is 12.3 Å². The fourth-order valence-corrected chi connectivity index (χ4v) is 3.06. The van der Waals surface area contributed by atoms with Crippen molar-refractivity contribution in [2.24, 2.45) is 5.92 Å². The van der Waals surface area contributed by atoms with E-state index in [1.807, 2.05) is 0 Å². The zero-order chi connectivity index (χ0) is 16.5. The van der Waals surface area contributed by atoms with E-state index in [1.165, 1.54) is 96.3 Å². The zero-order valence-electron chi connectivity index (χ0n) is 15.9. The summed E-state index contributed by atoms with van der Waals surface area (Å²) in [6.45, 7) is 6.50. The molecule has 0 heterocycles. The lowest BCUT2D eigenvalue weighted by molar-refractivity contribution is 0.113. The van der Waals surface area contributed by atoms with Crippen LogP contribution in [0.15, 0.2) is 0 Å². The molecule has 1 heteroatoms. The molecule has 0 aromatic heterocycles. The number of hydrogen-bond acceptors (Lipinski definition) is 1. The molecule has 0 saturated carbocycles. The Morgan fingerprint density at radius 2 is 0.864 bits per heavy atom. The van der Waals surface area contributed by atoms with E-state index < -0.39 is 0 Å². The van der Waals surface area contributed by atoms with Crippen molar-refractivity contribution in [3.05, 3.63) is 0 Å². The summed E-state index contributed by atoms with van der Waals surface area (Å²) in [4.78, 5) is 0. The summed E-state index contributed by atoms with van der Waals surface area (Å²) in [5.74, 6) is 0.423. The SMILES string of the molecule is CCCCCCCCCCCCCCCCCC(O)C(C)C. The van der Waals surface area contributed by atoms with Crippen LogP contribution < -0.4 is 0 Å². The van der Waals surface area contributed by atoms with Gasteiger partial charge in [0, 0.05) is 0 Å². The van der Waals surface area contributed by atoms with Crippen LogP contribution in [0.5, 0.6) is 0 Å². The highest BCUT2D eigenvalue weighted by atomic mass is 16.3. The first-order valence-electron chi connectivity index (χ1n) is 10.4. The first-order chi connectivity index (χ1) is 10.7. The van der Waals surface area contributed by atoms with E-state index in [4.69, 9.17) is 0 Å². The number of rotatable bonds is 17. The molecule has 0 aromatic rings. The Labute approximate surface area is 141 Å². The second kappa shape index (κ2) is 17.3. The molecule has 0 aromatic carbocycles. The molecule has 1 atom stereocenters. The Hall–Kier alpha value is -0.0400. The van der Waals surface area contributed by atoms with Crippen LogP contribution in [0.4, 0.5) is 0 Å². The Bertz CT molecular complexity index is 200. The van der Waals surface area contributed by atoms with Crippen LogP contribution in [0.1, 0.15) is 124 Å². The predicted octanol–water partition coefficient (Wildman–Crippen LogP) is 7.26. The zero-order valence-corrected chi connectivity index (χ0v) is 15.9. The highest BCUT2D eigenvalue weighted by Gasteiger charge is 2.07. The van der Waals surface area contributed by atoms with E-state index in [-0.39, 0.29) is 6.10 Å². The van der Waals surface area contributed by atoms with Crippen molar-refractivity contribution in [2.75, 3.05) is 0 Å². The summed E-state index contributed by atoms with van der Waals surface area (Å²) in [5.41, 5.74) is 0. The van der Waals surface area contributed by atoms with Gasteiger partial charge in [0.05, 0.1) is 6.10 Å². The van der Waals surface area contributed by atoms with Crippen LogP contribution in [0.2, 0.25) is 0 Å². The van der Waals surface area contributed by atoms with E-state index in [9.17, 15) is 5.11 Å². The monoisotopic (exact) mass is 312 g/mol. The van der Waals surface area contributed by atoms with Crippen molar-refractivity contribution in [1.82, 2.24) is 0 Å². The average Bonchev–Trinajstić information content (AvgIpc) is 2.50. The Balaban J connectivity index is 3.03. The Morgan fingerprint density at radius 1 is 0.545 bits per heavy atom. The number of aliphatic hydroxyl groups is 1. The molecule has 22 heavy (non-hydrogen) atoms. The fourth-order valence-electron chi connectivity index (χ4n) is 3.06. The summed E-state index contributed by atoms with van der Waals surface area (Å²) < 4.78 is 0. The van der Waals surface area contributed by atoms with Crippen LogP contribution in [0.25, 0.3) is 0 Å². The lowest BCUT2D eigenvalue weighted by Crippen LogP contribution is -2.13. The minimum absolute atomic E-state index is 0.0815. The van der Waals surface area contributed by atoms with E-state index in [0.29, 0.717) is 5.92 Å². The van der Waals surface area contributed by atoms with Gasteiger partial charge in [0.25, 0.3) is 0 Å². The third-order valence-corrected chi connectivity index (χ3v) is 4.87. The number of aliphatic hydroxyl groups excluding tert-OH is 1. The van der Waals surface area contributed by atoms with Gasteiger partial charge in [0.15, 0.2) is 0 Å². The molecule has 134 valence electrons. The molecule has 0 fully saturated rings. The van der Waals surface area contributed by atoms with Crippen molar-refractivity contribution in [3.8, 4) is 0 Å². The van der Waals surface area contributed by atoms with Crippen molar-refractivity contribution < 1.29 is 5.11 Å². The van der Waals surface area contributed by atoms with Crippen LogP contribution in [0, 0.1) is 5.92 Å². The topological polar surface area (TPSA) is 20.2 Å². The van der Waals surface area contributed by atoms with Gasteiger partial charge >= 0.3 is 0 Å².